The van der Waals surface area contributed by atoms with Gasteiger partial charge in [0, 0.05) is 41.3 Å². The molecule has 1 aliphatic heterocycles. The monoisotopic (exact) mass is 487 g/mol. The highest BCUT2D eigenvalue weighted by molar-refractivity contribution is 7.99. The van der Waals surface area contributed by atoms with Crippen molar-refractivity contribution in [3.8, 4) is 11.4 Å². The molecule has 2 aromatic heterocycles. The Morgan fingerprint density at radius 2 is 2.03 bits per heavy atom. The third-order valence-electron chi connectivity index (χ3n) is 6.26. The third kappa shape index (κ3) is 4.68. The van der Waals surface area contributed by atoms with E-state index in [2.05, 4.69) is 25.8 Å². The quantitative estimate of drug-likeness (QED) is 0.488. The van der Waals surface area contributed by atoms with Gasteiger partial charge in [-0.3, -0.25) is 9.36 Å². The van der Waals surface area contributed by atoms with Crippen molar-refractivity contribution in [3.63, 3.8) is 0 Å². The Labute approximate surface area is 198 Å². The molecule has 0 bridgehead atoms. The molecule has 1 aromatic carbocycles. The molecule has 1 amide bonds. The Balaban J connectivity index is 1.37. The second-order valence-electron chi connectivity index (χ2n) is 9.44. The first kappa shape index (κ1) is 22.5. The average molecular weight is 488 g/mol. The minimum absolute atomic E-state index is 0.0326. The van der Waals surface area contributed by atoms with Crippen LogP contribution in [0.5, 0.6) is 0 Å². The van der Waals surface area contributed by atoms with Crippen molar-refractivity contribution >= 4 is 38.4 Å². The summed E-state index contributed by atoms with van der Waals surface area (Å²) in [5.74, 6) is 1.52. The molecule has 1 atom stereocenters. The molecule has 3 heterocycles. The second kappa shape index (κ2) is 8.79. The Hall–Kier alpha value is -2.33. The van der Waals surface area contributed by atoms with Crippen molar-refractivity contribution in [2.75, 3.05) is 23.8 Å². The lowest BCUT2D eigenvalue weighted by Crippen LogP contribution is -2.44. The average Bonchev–Trinajstić information content (AvgIpc) is 3.22. The number of thioether (sulfide) groups is 1. The number of hydrogen-bond acceptors (Lipinski definition) is 6. The standard InChI is InChI=1S/C23H29N5O3S2/c1-15(2)12-27(17-9-10-33(30,31)14-17)21(29)13-32-23-26-25-22(28(23)16-7-8-16)19-11-24-20-6-4-3-5-18(19)20/h3-6,11,15-17,24H,7-10,12-14H2,1-2H3/t17-/m1/s1. The summed E-state index contributed by atoms with van der Waals surface area (Å²) < 4.78 is 26.2. The number of benzene rings is 1. The van der Waals surface area contributed by atoms with Crippen LogP contribution < -0.4 is 0 Å². The maximum absolute atomic E-state index is 13.2. The predicted octanol–water partition coefficient (Wildman–Crippen LogP) is 3.53. The van der Waals surface area contributed by atoms with Crippen LogP contribution in [0, 0.1) is 5.92 Å². The first-order valence-corrected chi connectivity index (χ1v) is 14.3. The fourth-order valence-electron chi connectivity index (χ4n) is 4.56. The minimum atomic E-state index is -3.06. The molecule has 0 spiro atoms. The van der Waals surface area contributed by atoms with Crippen molar-refractivity contribution in [3.05, 3.63) is 30.5 Å². The molecule has 176 valence electrons. The van der Waals surface area contributed by atoms with Crippen LogP contribution in [-0.2, 0) is 14.6 Å². The molecule has 0 radical (unpaired) electrons. The number of aromatic amines is 1. The zero-order valence-electron chi connectivity index (χ0n) is 18.9. The summed E-state index contributed by atoms with van der Waals surface area (Å²) in [4.78, 5) is 18.3. The zero-order chi connectivity index (χ0) is 23.2. The van der Waals surface area contributed by atoms with Crippen LogP contribution in [-0.4, -0.2) is 68.8 Å². The van der Waals surface area contributed by atoms with E-state index < -0.39 is 9.84 Å². The van der Waals surface area contributed by atoms with Crippen molar-refractivity contribution < 1.29 is 13.2 Å². The number of amides is 1. The van der Waals surface area contributed by atoms with Gasteiger partial charge >= 0.3 is 0 Å². The van der Waals surface area contributed by atoms with Gasteiger partial charge in [-0.25, -0.2) is 8.42 Å². The molecule has 1 aliphatic carbocycles. The number of aromatic nitrogens is 4. The molecule has 5 rings (SSSR count). The molecular weight excluding hydrogens is 458 g/mol. The van der Waals surface area contributed by atoms with E-state index in [1.165, 1.54) is 11.8 Å². The smallest absolute Gasteiger partial charge is 0.233 e. The van der Waals surface area contributed by atoms with Crippen LogP contribution in [0.4, 0.5) is 0 Å². The maximum Gasteiger partial charge on any atom is 0.233 e. The van der Waals surface area contributed by atoms with Crippen molar-refractivity contribution in [1.29, 1.82) is 0 Å². The van der Waals surface area contributed by atoms with Gasteiger partial charge in [0.25, 0.3) is 0 Å². The van der Waals surface area contributed by atoms with E-state index in [1.807, 2.05) is 38.2 Å². The molecular formula is C23H29N5O3S2. The molecule has 0 unspecified atom stereocenters. The molecule has 1 N–H and O–H groups in total. The highest BCUT2D eigenvalue weighted by Gasteiger charge is 2.36. The molecule has 2 aliphatic rings. The number of rotatable bonds is 8. The number of sulfone groups is 1. The number of carbonyl (C=O) groups excluding carboxylic acids is 1. The lowest BCUT2D eigenvalue weighted by Gasteiger charge is -2.29. The molecule has 10 heteroatoms. The summed E-state index contributed by atoms with van der Waals surface area (Å²) in [6.45, 7) is 4.66. The van der Waals surface area contributed by atoms with Gasteiger partial charge in [0.15, 0.2) is 20.8 Å². The van der Waals surface area contributed by atoms with Gasteiger partial charge < -0.3 is 9.88 Å². The van der Waals surface area contributed by atoms with E-state index in [9.17, 15) is 13.2 Å². The Kier molecular flexibility index (Phi) is 5.98. The minimum Gasteiger partial charge on any atom is -0.360 e. The number of fused-ring (bicyclic) bond motifs is 1. The number of nitrogens with zero attached hydrogens (tertiary/aromatic N) is 4. The van der Waals surface area contributed by atoms with E-state index in [0.29, 0.717) is 19.0 Å². The molecule has 8 nitrogen and oxygen atoms in total. The van der Waals surface area contributed by atoms with E-state index in [1.54, 1.807) is 4.90 Å². The summed E-state index contributed by atoms with van der Waals surface area (Å²) in [6, 6.07) is 8.25. The fraction of sp³-hybridized carbons (Fsp3) is 0.522. The zero-order valence-corrected chi connectivity index (χ0v) is 20.5. The Morgan fingerprint density at radius 1 is 1.24 bits per heavy atom. The summed E-state index contributed by atoms with van der Waals surface area (Å²) in [5, 5.41) is 10.8. The molecule has 3 aromatic rings. The summed E-state index contributed by atoms with van der Waals surface area (Å²) in [5.41, 5.74) is 2.07. The second-order valence-corrected chi connectivity index (χ2v) is 12.6. The lowest BCUT2D eigenvalue weighted by molar-refractivity contribution is -0.130. The lowest BCUT2D eigenvalue weighted by atomic mass is 10.1. The van der Waals surface area contributed by atoms with Crippen LogP contribution >= 0.6 is 11.8 Å². The van der Waals surface area contributed by atoms with Crippen LogP contribution in [0.3, 0.4) is 0 Å². The van der Waals surface area contributed by atoms with Crippen LogP contribution in [0.1, 0.15) is 39.2 Å². The first-order valence-electron chi connectivity index (χ1n) is 11.5. The van der Waals surface area contributed by atoms with Gasteiger partial charge in [0.2, 0.25) is 5.91 Å². The first-order chi connectivity index (χ1) is 15.8. The topological polar surface area (TPSA) is 101 Å². The predicted molar refractivity (Wildman–Crippen MR) is 130 cm³/mol. The van der Waals surface area contributed by atoms with Gasteiger partial charge in [-0.2, -0.15) is 0 Å². The van der Waals surface area contributed by atoms with Crippen LogP contribution in [0.15, 0.2) is 35.6 Å². The Morgan fingerprint density at radius 3 is 2.73 bits per heavy atom. The summed E-state index contributed by atoms with van der Waals surface area (Å²) in [7, 11) is -3.06. The number of carbonyl (C=O) groups is 1. The largest absolute Gasteiger partial charge is 0.360 e. The number of H-pyrrole nitrogens is 1. The third-order valence-corrected chi connectivity index (χ3v) is 8.94. The van der Waals surface area contributed by atoms with Crippen LogP contribution in [0.2, 0.25) is 0 Å². The van der Waals surface area contributed by atoms with Gasteiger partial charge in [-0.1, -0.05) is 43.8 Å². The normalized spacial score (nSPS) is 20.0. The fourth-order valence-corrected chi connectivity index (χ4v) is 7.18. The SMILES string of the molecule is CC(C)CN(C(=O)CSc1nnc(-c2c[nH]c3ccccc23)n1C1CC1)[C@@H]1CCS(=O)(=O)C1. The number of para-hydroxylation sites is 1. The molecule has 1 saturated carbocycles. The Bertz CT molecular complexity index is 1280. The van der Waals surface area contributed by atoms with Crippen molar-refractivity contribution in [2.45, 2.75) is 50.4 Å². The molecule has 33 heavy (non-hydrogen) atoms. The number of hydrogen-bond donors (Lipinski definition) is 1. The van der Waals surface area contributed by atoms with Gasteiger partial charge in [-0.05, 0) is 31.2 Å². The van der Waals surface area contributed by atoms with Crippen LogP contribution in [0.25, 0.3) is 22.3 Å². The highest BCUT2D eigenvalue weighted by Crippen LogP contribution is 2.42. The molecule has 1 saturated heterocycles. The van der Waals surface area contributed by atoms with E-state index in [0.717, 1.165) is 40.3 Å². The maximum atomic E-state index is 13.2. The van der Waals surface area contributed by atoms with E-state index >= 15 is 0 Å². The van der Waals surface area contributed by atoms with E-state index in [-0.39, 0.29) is 35.1 Å². The number of nitrogens with one attached hydrogen (secondary N) is 1. The van der Waals surface area contributed by atoms with Crippen molar-refractivity contribution in [2.24, 2.45) is 5.92 Å². The van der Waals surface area contributed by atoms with Gasteiger partial charge in [0.05, 0.1) is 17.3 Å². The molecule has 2 fully saturated rings. The van der Waals surface area contributed by atoms with Crippen molar-refractivity contribution in [1.82, 2.24) is 24.6 Å². The highest BCUT2D eigenvalue weighted by atomic mass is 32.2. The summed E-state index contributed by atoms with van der Waals surface area (Å²) in [6.07, 6.45) is 4.65. The van der Waals surface area contributed by atoms with Gasteiger partial charge in [-0.15, -0.1) is 10.2 Å². The summed E-state index contributed by atoms with van der Waals surface area (Å²) >= 11 is 1.40. The van der Waals surface area contributed by atoms with E-state index in [4.69, 9.17) is 0 Å². The van der Waals surface area contributed by atoms with Gasteiger partial charge in [0.1, 0.15) is 0 Å².